The first kappa shape index (κ1) is 23.1. The minimum Gasteiger partial charge on any atom is -0.465 e. The van der Waals surface area contributed by atoms with Crippen LogP contribution < -0.4 is 9.62 Å². The second kappa shape index (κ2) is 9.71. The largest absolute Gasteiger partial charge is 0.465 e. The first-order chi connectivity index (χ1) is 15.3. The molecule has 0 fully saturated rings. The SMILES string of the molecule is COC(=O)C1=C(C(=O)OC)N(c2ccc(S(=O)(=O)Nc3cccc(Cl)c3)cc2)C=CC=C1. The zero-order chi connectivity index (χ0) is 23.3. The predicted octanol–water partition coefficient (Wildman–Crippen LogP) is 3.63. The van der Waals surface area contributed by atoms with Crippen LogP contribution in [0.2, 0.25) is 5.02 Å². The van der Waals surface area contributed by atoms with Crippen LogP contribution in [0.25, 0.3) is 0 Å². The minimum absolute atomic E-state index is 0.00468. The van der Waals surface area contributed by atoms with Crippen LogP contribution in [0, 0.1) is 0 Å². The van der Waals surface area contributed by atoms with E-state index in [1.54, 1.807) is 36.6 Å². The quantitative estimate of drug-likeness (QED) is 0.638. The number of hydrogen-bond donors (Lipinski definition) is 1. The van der Waals surface area contributed by atoms with Gasteiger partial charge in [0.2, 0.25) is 0 Å². The predicted molar refractivity (Wildman–Crippen MR) is 121 cm³/mol. The number of anilines is 2. The summed E-state index contributed by atoms with van der Waals surface area (Å²) in [6, 6.07) is 12.1. The lowest BCUT2D eigenvalue weighted by atomic mass is 10.1. The van der Waals surface area contributed by atoms with Gasteiger partial charge in [0.1, 0.15) is 5.70 Å². The molecular formula is C22H19ClN2O6S. The van der Waals surface area contributed by atoms with Crippen LogP contribution >= 0.6 is 11.6 Å². The zero-order valence-electron chi connectivity index (χ0n) is 17.1. The fraction of sp³-hybridized carbons (Fsp3) is 0.0909. The number of allylic oxidation sites excluding steroid dienone is 2. The number of carbonyl (C=O) groups is 2. The van der Waals surface area contributed by atoms with Crippen molar-refractivity contribution in [2.24, 2.45) is 0 Å². The van der Waals surface area contributed by atoms with Gasteiger partial charge in [-0.3, -0.25) is 4.72 Å². The molecule has 0 aromatic heterocycles. The topological polar surface area (TPSA) is 102 Å². The highest BCUT2D eigenvalue weighted by Gasteiger charge is 2.27. The number of methoxy groups -OCH3 is 2. The number of rotatable bonds is 6. The molecule has 1 heterocycles. The van der Waals surface area contributed by atoms with E-state index >= 15 is 0 Å². The van der Waals surface area contributed by atoms with Crippen molar-refractivity contribution in [3.05, 3.63) is 89.3 Å². The molecule has 0 atom stereocenters. The maximum absolute atomic E-state index is 12.7. The average molecular weight is 475 g/mol. The van der Waals surface area contributed by atoms with E-state index < -0.39 is 22.0 Å². The Balaban J connectivity index is 1.97. The molecule has 3 rings (SSSR count). The second-order valence-corrected chi connectivity index (χ2v) is 8.54. The van der Waals surface area contributed by atoms with Gasteiger partial charge in [0.05, 0.1) is 30.4 Å². The standard InChI is InChI=1S/C22H19ClN2O6S/c1-30-21(26)19-8-3-4-13-25(20(19)22(27)31-2)17-9-11-18(12-10-17)32(28,29)24-16-7-5-6-15(23)14-16/h3-14,24H,1-2H3. The Kier molecular flexibility index (Phi) is 7.01. The van der Waals surface area contributed by atoms with Crippen LogP contribution in [-0.2, 0) is 29.1 Å². The van der Waals surface area contributed by atoms with E-state index in [4.69, 9.17) is 21.1 Å². The molecule has 1 aliphatic heterocycles. The number of esters is 2. The summed E-state index contributed by atoms with van der Waals surface area (Å²) in [5, 5.41) is 0.394. The molecule has 166 valence electrons. The van der Waals surface area contributed by atoms with E-state index in [-0.39, 0.29) is 16.2 Å². The number of benzene rings is 2. The summed E-state index contributed by atoms with van der Waals surface area (Å²) in [5.74, 6) is -1.49. The molecule has 0 spiro atoms. The van der Waals surface area contributed by atoms with Gasteiger partial charge in [-0.1, -0.05) is 23.7 Å². The number of nitrogens with zero attached hydrogens (tertiary/aromatic N) is 1. The molecule has 0 saturated heterocycles. The molecule has 0 radical (unpaired) electrons. The lowest BCUT2D eigenvalue weighted by Crippen LogP contribution is -2.27. The third-order valence-corrected chi connectivity index (χ3v) is 6.02. The highest BCUT2D eigenvalue weighted by molar-refractivity contribution is 7.92. The highest BCUT2D eigenvalue weighted by Crippen LogP contribution is 2.28. The smallest absolute Gasteiger partial charge is 0.355 e. The summed E-state index contributed by atoms with van der Waals surface area (Å²) in [4.78, 5) is 26.1. The van der Waals surface area contributed by atoms with E-state index in [9.17, 15) is 18.0 Å². The average Bonchev–Trinajstić information content (AvgIpc) is 3.01. The molecule has 0 bridgehead atoms. The van der Waals surface area contributed by atoms with Crippen molar-refractivity contribution in [2.45, 2.75) is 4.90 Å². The number of sulfonamides is 1. The number of halogens is 1. The Labute approximate surface area is 190 Å². The second-order valence-electron chi connectivity index (χ2n) is 6.43. The Morgan fingerprint density at radius 3 is 2.28 bits per heavy atom. The molecule has 8 nitrogen and oxygen atoms in total. The van der Waals surface area contributed by atoms with Crippen molar-refractivity contribution >= 4 is 44.9 Å². The normalized spacial score (nSPS) is 13.5. The maximum atomic E-state index is 12.7. The van der Waals surface area contributed by atoms with E-state index in [0.717, 1.165) is 0 Å². The summed E-state index contributed by atoms with van der Waals surface area (Å²) in [7, 11) is -1.49. The van der Waals surface area contributed by atoms with Crippen molar-refractivity contribution in [3.63, 3.8) is 0 Å². The Morgan fingerprint density at radius 2 is 1.66 bits per heavy atom. The minimum atomic E-state index is -3.88. The molecular weight excluding hydrogens is 456 g/mol. The van der Waals surface area contributed by atoms with Crippen molar-refractivity contribution in [1.82, 2.24) is 0 Å². The van der Waals surface area contributed by atoms with Crippen LogP contribution in [-0.4, -0.2) is 34.6 Å². The highest BCUT2D eigenvalue weighted by atomic mass is 35.5. The van der Waals surface area contributed by atoms with Gasteiger partial charge in [0.25, 0.3) is 10.0 Å². The van der Waals surface area contributed by atoms with Crippen molar-refractivity contribution < 1.29 is 27.5 Å². The molecule has 1 N–H and O–H groups in total. The van der Waals surface area contributed by atoms with Crippen molar-refractivity contribution in [3.8, 4) is 0 Å². The van der Waals surface area contributed by atoms with Crippen molar-refractivity contribution in [1.29, 1.82) is 0 Å². The molecule has 32 heavy (non-hydrogen) atoms. The lowest BCUT2D eigenvalue weighted by Gasteiger charge is -2.23. The summed E-state index contributed by atoms with van der Waals surface area (Å²) < 4.78 is 37.5. The van der Waals surface area contributed by atoms with Crippen LogP contribution in [0.4, 0.5) is 11.4 Å². The molecule has 0 saturated carbocycles. The van der Waals surface area contributed by atoms with E-state index in [1.165, 1.54) is 55.5 Å². The fourth-order valence-corrected chi connectivity index (χ4v) is 4.16. The molecule has 10 heteroatoms. The van der Waals surface area contributed by atoms with Gasteiger partial charge in [-0.05, 0) is 54.6 Å². The number of ether oxygens (including phenoxy) is 2. The molecule has 2 aromatic carbocycles. The molecule has 2 aromatic rings. The van der Waals surface area contributed by atoms with Gasteiger partial charge in [-0.15, -0.1) is 0 Å². The fourth-order valence-electron chi connectivity index (χ4n) is 2.92. The van der Waals surface area contributed by atoms with Crippen molar-refractivity contribution in [2.75, 3.05) is 23.8 Å². The van der Waals surface area contributed by atoms with Crippen LogP contribution in [0.3, 0.4) is 0 Å². The monoisotopic (exact) mass is 474 g/mol. The van der Waals surface area contributed by atoms with E-state index in [1.807, 2.05) is 0 Å². The van der Waals surface area contributed by atoms with Crippen LogP contribution in [0.5, 0.6) is 0 Å². The van der Waals surface area contributed by atoms with E-state index in [2.05, 4.69) is 4.72 Å². The van der Waals surface area contributed by atoms with Gasteiger partial charge in [-0.25, -0.2) is 18.0 Å². The van der Waals surface area contributed by atoms with Gasteiger partial charge in [0.15, 0.2) is 0 Å². The van der Waals surface area contributed by atoms with Gasteiger partial charge >= 0.3 is 11.9 Å². The molecule has 0 unspecified atom stereocenters. The summed E-state index contributed by atoms with van der Waals surface area (Å²) >= 11 is 5.91. The molecule has 0 amide bonds. The van der Waals surface area contributed by atoms with Crippen LogP contribution in [0.1, 0.15) is 0 Å². The maximum Gasteiger partial charge on any atom is 0.355 e. The molecule has 0 aliphatic carbocycles. The third-order valence-electron chi connectivity index (χ3n) is 4.39. The first-order valence-corrected chi connectivity index (χ1v) is 11.1. The first-order valence-electron chi connectivity index (χ1n) is 9.20. The summed E-state index contributed by atoms with van der Waals surface area (Å²) in [6.45, 7) is 0. The molecule has 1 aliphatic rings. The van der Waals surface area contributed by atoms with Gasteiger partial charge in [-0.2, -0.15) is 0 Å². The number of hydrogen-bond acceptors (Lipinski definition) is 7. The van der Waals surface area contributed by atoms with Gasteiger partial charge in [0, 0.05) is 16.9 Å². The Bertz CT molecular complexity index is 1230. The Morgan fingerprint density at radius 1 is 0.969 bits per heavy atom. The Hall–Kier alpha value is -3.56. The third kappa shape index (κ3) is 5.01. The van der Waals surface area contributed by atoms with Crippen LogP contribution in [0.15, 0.2) is 89.1 Å². The van der Waals surface area contributed by atoms with Gasteiger partial charge < -0.3 is 14.4 Å². The zero-order valence-corrected chi connectivity index (χ0v) is 18.7. The summed E-state index contributed by atoms with van der Waals surface area (Å²) in [5.41, 5.74) is 0.663. The summed E-state index contributed by atoms with van der Waals surface area (Å²) in [6.07, 6.45) is 6.17. The number of carbonyl (C=O) groups excluding carboxylic acids is 2. The van der Waals surface area contributed by atoms with E-state index in [0.29, 0.717) is 16.4 Å². The number of nitrogens with one attached hydrogen (secondary N) is 1. The lowest BCUT2D eigenvalue weighted by molar-refractivity contribution is -0.139.